The Bertz CT molecular complexity index is 558. The van der Waals surface area contributed by atoms with Crippen LogP contribution in [0.4, 0.5) is 13.2 Å². The fraction of sp³-hybridized carbons (Fsp3) is 0.222. The number of hydrogen-bond donors (Lipinski definition) is 1. The fourth-order valence-corrected chi connectivity index (χ4v) is 1.56. The summed E-state index contributed by atoms with van der Waals surface area (Å²) in [6.07, 6.45) is -1.39. The highest BCUT2D eigenvalue weighted by Crippen LogP contribution is 2.22. The van der Waals surface area contributed by atoms with E-state index in [0.717, 1.165) is 4.57 Å². The SMILES string of the molecule is FC(F)(F)Cn1c(-c2cccnc2)n[nH]c1=S. The smallest absolute Gasteiger partial charge is 0.291 e. The van der Waals surface area contributed by atoms with E-state index in [1.54, 1.807) is 12.1 Å². The Hall–Kier alpha value is -1.70. The second-order valence-corrected chi connectivity index (χ2v) is 3.68. The van der Waals surface area contributed by atoms with E-state index in [-0.39, 0.29) is 10.6 Å². The van der Waals surface area contributed by atoms with Crippen LogP contribution in [0.15, 0.2) is 24.5 Å². The molecule has 2 rings (SSSR count). The molecular weight excluding hydrogens is 253 g/mol. The van der Waals surface area contributed by atoms with Gasteiger partial charge in [-0.2, -0.15) is 18.3 Å². The van der Waals surface area contributed by atoms with Crippen LogP contribution in [0, 0.1) is 4.77 Å². The Morgan fingerprint density at radius 1 is 1.41 bits per heavy atom. The van der Waals surface area contributed by atoms with E-state index < -0.39 is 12.7 Å². The number of aromatic nitrogens is 4. The molecule has 2 aromatic rings. The van der Waals surface area contributed by atoms with Crippen molar-refractivity contribution in [3.63, 3.8) is 0 Å². The van der Waals surface area contributed by atoms with Crippen molar-refractivity contribution >= 4 is 12.2 Å². The lowest BCUT2D eigenvalue weighted by molar-refractivity contribution is -0.140. The fourth-order valence-electron chi connectivity index (χ4n) is 1.36. The Labute approximate surface area is 99.1 Å². The molecule has 0 saturated carbocycles. The zero-order chi connectivity index (χ0) is 12.5. The zero-order valence-corrected chi connectivity index (χ0v) is 9.22. The van der Waals surface area contributed by atoms with Crippen LogP contribution >= 0.6 is 12.2 Å². The molecule has 17 heavy (non-hydrogen) atoms. The van der Waals surface area contributed by atoms with E-state index in [9.17, 15) is 13.2 Å². The molecule has 0 amide bonds. The lowest BCUT2D eigenvalue weighted by atomic mass is 10.3. The minimum Gasteiger partial charge on any atom is -0.291 e. The number of alkyl halides is 3. The number of pyridine rings is 1. The number of rotatable bonds is 2. The number of nitrogens with zero attached hydrogens (tertiary/aromatic N) is 3. The van der Waals surface area contributed by atoms with Gasteiger partial charge >= 0.3 is 6.18 Å². The maximum absolute atomic E-state index is 12.4. The highest BCUT2D eigenvalue weighted by atomic mass is 32.1. The van der Waals surface area contributed by atoms with Crippen LogP contribution in [0.25, 0.3) is 11.4 Å². The molecule has 90 valence electrons. The Morgan fingerprint density at radius 3 is 2.76 bits per heavy atom. The van der Waals surface area contributed by atoms with E-state index in [1.807, 2.05) is 0 Å². The van der Waals surface area contributed by atoms with Gasteiger partial charge in [-0.25, -0.2) is 0 Å². The first-order valence-electron chi connectivity index (χ1n) is 4.60. The van der Waals surface area contributed by atoms with Crippen molar-refractivity contribution in [2.24, 2.45) is 0 Å². The summed E-state index contributed by atoms with van der Waals surface area (Å²) in [6, 6.07) is 3.23. The van der Waals surface area contributed by atoms with Crippen molar-refractivity contribution in [1.29, 1.82) is 0 Å². The van der Waals surface area contributed by atoms with Crippen LogP contribution in [0.1, 0.15) is 0 Å². The summed E-state index contributed by atoms with van der Waals surface area (Å²) in [4.78, 5) is 3.83. The van der Waals surface area contributed by atoms with E-state index in [1.165, 1.54) is 12.4 Å². The average Bonchev–Trinajstić information content (AvgIpc) is 2.60. The molecule has 0 radical (unpaired) electrons. The predicted molar refractivity (Wildman–Crippen MR) is 56.7 cm³/mol. The van der Waals surface area contributed by atoms with Crippen molar-refractivity contribution in [3.05, 3.63) is 29.3 Å². The molecule has 0 saturated heterocycles. The van der Waals surface area contributed by atoms with E-state index in [2.05, 4.69) is 15.2 Å². The summed E-state index contributed by atoms with van der Waals surface area (Å²) >= 11 is 4.77. The molecule has 0 aliphatic rings. The largest absolute Gasteiger partial charge is 0.406 e. The standard InChI is InChI=1S/C9H7F3N4S/c10-9(11,12)5-16-7(14-15-8(16)17)6-2-1-3-13-4-6/h1-4H,5H2,(H,15,17). The van der Waals surface area contributed by atoms with Gasteiger partial charge in [0.2, 0.25) is 0 Å². The summed E-state index contributed by atoms with van der Waals surface area (Å²) in [5.74, 6) is 0.125. The summed E-state index contributed by atoms with van der Waals surface area (Å²) in [5.41, 5.74) is 0.476. The van der Waals surface area contributed by atoms with Gasteiger partial charge in [0, 0.05) is 18.0 Å². The van der Waals surface area contributed by atoms with E-state index in [0.29, 0.717) is 5.56 Å². The highest BCUT2D eigenvalue weighted by molar-refractivity contribution is 7.71. The van der Waals surface area contributed by atoms with Gasteiger partial charge in [-0.1, -0.05) is 0 Å². The van der Waals surface area contributed by atoms with Gasteiger partial charge in [0.05, 0.1) is 0 Å². The van der Waals surface area contributed by atoms with Gasteiger partial charge < -0.3 is 0 Å². The highest BCUT2D eigenvalue weighted by Gasteiger charge is 2.30. The number of H-pyrrole nitrogens is 1. The van der Waals surface area contributed by atoms with Crippen LogP contribution in [0.5, 0.6) is 0 Å². The molecule has 4 nitrogen and oxygen atoms in total. The molecule has 2 heterocycles. The normalized spacial score (nSPS) is 11.7. The molecule has 0 atom stereocenters. The van der Waals surface area contributed by atoms with Gasteiger partial charge in [0.15, 0.2) is 10.6 Å². The molecule has 0 unspecified atom stereocenters. The molecule has 0 aromatic carbocycles. The third-order valence-electron chi connectivity index (χ3n) is 2.02. The quantitative estimate of drug-likeness (QED) is 0.844. The van der Waals surface area contributed by atoms with Crippen LogP contribution in [0.2, 0.25) is 0 Å². The second kappa shape index (κ2) is 4.28. The Morgan fingerprint density at radius 2 is 2.18 bits per heavy atom. The first-order chi connectivity index (χ1) is 7.97. The molecule has 2 aromatic heterocycles. The number of nitrogens with one attached hydrogen (secondary N) is 1. The Kier molecular flexibility index (Phi) is 2.97. The van der Waals surface area contributed by atoms with Crippen molar-refractivity contribution in [2.75, 3.05) is 0 Å². The predicted octanol–water partition coefficient (Wildman–Crippen LogP) is 2.56. The molecule has 0 aliphatic heterocycles. The van der Waals surface area contributed by atoms with Gasteiger partial charge in [-0.3, -0.25) is 14.6 Å². The van der Waals surface area contributed by atoms with Crippen LogP contribution in [-0.2, 0) is 6.54 Å². The first kappa shape index (κ1) is 11.8. The summed E-state index contributed by atoms with van der Waals surface area (Å²) in [5, 5.41) is 6.12. The van der Waals surface area contributed by atoms with Crippen molar-refractivity contribution in [3.8, 4) is 11.4 Å². The van der Waals surface area contributed by atoms with Crippen molar-refractivity contribution < 1.29 is 13.2 Å². The van der Waals surface area contributed by atoms with E-state index >= 15 is 0 Å². The molecule has 0 fully saturated rings. The second-order valence-electron chi connectivity index (χ2n) is 3.30. The van der Waals surface area contributed by atoms with E-state index in [4.69, 9.17) is 12.2 Å². The molecule has 8 heteroatoms. The van der Waals surface area contributed by atoms with Gasteiger partial charge in [-0.05, 0) is 24.4 Å². The lowest BCUT2D eigenvalue weighted by Gasteiger charge is -2.09. The summed E-state index contributed by atoms with van der Waals surface area (Å²) in [6.45, 7) is -1.17. The minimum atomic E-state index is -4.35. The third kappa shape index (κ3) is 2.70. The maximum atomic E-state index is 12.4. The van der Waals surface area contributed by atoms with Gasteiger partial charge in [0.25, 0.3) is 0 Å². The minimum absolute atomic E-state index is 0.0684. The average molecular weight is 260 g/mol. The zero-order valence-electron chi connectivity index (χ0n) is 8.40. The van der Waals surface area contributed by atoms with Crippen LogP contribution in [0.3, 0.4) is 0 Å². The lowest BCUT2D eigenvalue weighted by Crippen LogP contribution is -2.18. The molecule has 0 aliphatic carbocycles. The third-order valence-corrected chi connectivity index (χ3v) is 2.33. The number of aromatic amines is 1. The summed E-state index contributed by atoms with van der Waals surface area (Å²) in [7, 11) is 0. The first-order valence-corrected chi connectivity index (χ1v) is 5.00. The maximum Gasteiger partial charge on any atom is 0.406 e. The molecule has 1 N–H and O–H groups in total. The molecule has 0 spiro atoms. The number of hydrogen-bond acceptors (Lipinski definition) is 3. The van der Waals surface area contributed by atoms with Crippen molar-refractivity contribution in [1.82, 2.24) is 19.7 Å². The molecule has 0 bridgehead atoms. The van der Waals surface area contributed by atoms with Gasteiger partial charge in [0.1, 0.15) is 6.54 Å². The summed E-state index contributed by atoms with van der Waals surface area (Å²) < 4.78 is 37.9. The monoisotopic (exact) mass is 260 g/mol. The Balaban J connectivity index is 2.47. The van der Waals surface area contributed by atoms with Crippen LogP contribution < -0.4 is 0 Å². The van der Waals surface area contributed by atoms with Crippen LogP contribution in [-0.4, -0.2) is 25.9 Å². The molecular formula is C9H7F3N4S. The number of halogens is 3. The van der Waals surface area contributed by atoms with Gasteiger partial charge in [-0.15, -0.1) is 0 Å². The van der Waals surface area contributed by atoms with Crippen molar-refractivity contribution in [2.45, 2.75) is 12.7 Å². The topological polar surface area (TPSA) is 46.5 Å².